The number of fused-ring (bicyclic) bond motifs is 1. The molecule has 3 aromatic rings. The Morgan fingerprint density at radius 2 is 1.73 bits per heavy atom. The molecule has 0 atom stereocenters. The van der Waals surface area contributed by atoms with E-state index in [1.807, 2.05) is 4.90 Å². The van der Waals surface area contributed by atoms with E-state index in [4.69, 9.17) is 4.42 Å². The minimum absolute atomic E-state index is 0.159. The van der Waals surface area contributed by atoms with Crippen LogP contribution >= 0.6 is 0 Å². The minimum Gasteiger partial charge on any atom is -0.459 e. The maximum atomic E-state index is 12.5. The van der Waals surface area contributed by atoms with E-state index in [9.17, 15) is 9.59 Å². The van der Waals surface area contributed by atoms with E-state index in [0.717, 1.165) is 32.7 Å². The molecule has 6 heteroatoms. The van der Waals surface area contributed by atoms with Gasteiger partial charge in [0.25, 0.3) is 5.91 Å². The van der Waals surface area contributed by atoms with Crippen molar-refractivity contribution in [1.82, 2.24) is 15.1 Å². The van der Waals surface area contributed by atoms with Gasteiger partial charge in [-0.05, 0) is 34.9 Å². The summed E-state index contributed by atoms with van der Waals surface area (Å²) in [7, 11) is 0. The molecule has 2 aromatic carbocycles. The highest BCUT2D eigenvalue weighted by atomic mass is 16.3. The average Bonchev–Trinajstić information content (AvgIpc) is 3.32. The third-order valence-electron chi connectivity index (χ3n) is 5.60. The van der Waals surface area contributed by atoms with Gasteiger partial charge in [-0.3, -0.25) is 14.5 Å². The third kappa shape index (κ3) is 4.89. The number of hydrogen-bond donors (Lipinski definition) is 1. The molecule has 0 bridgehead atoms. The lowest BCUT2D eigenvalue weighted by atomic mass is 10.0. The summed E-state index contributed by atoms with van der Waals surface area (Å²) in [6.07, 6.45) is 2.54. The minimum atomic E-state index is -0.241. The van der Waals surface area contributed by atoms with Crippen LogP contribution in [0.5, 0.6) is 0 Å². The molecule has 0 saturated carbocycles. The quantitative estimate of drug-likeness (QED) is 0.613. The maximum Gasteiger partial charge on any atom is 0.286 e. The first-order valence-corrected chi connectivity index (χ1v) is 10.5. The summed E-state index contributed by atoms with van der Waals surface area (Å²) in [6, 6.07) is 18.2. The molecule has 2 heterocycles. The van der Waals surface area contributed by atoms with Crippen molar-refractivity contribution in [2.45, 2.75) is 19.4 Å². The van der Waals surface area contributed by atoms with Gasteiger partial charge >= 0.3 is 0 Å². The predicted molar refractivity (Wildman–Crippen MR) is 116 cm³/mol. The van der Waals surface area contributed by atoms with Crippen molar-refractivity contribution in [3.63, 3.8) is 0 Å². The number of hydrogen-bond acceptors (Lipinski definition) is 4. The van der Waals surface area contributed by atoms with Crippen LogP contribution in [-0.4, -0.2) is 54.3 Å². The molecule has 1 fully saturated rings. The Balaban J connectivity index is 1.19. The van der Waals surface area contributed by atoms with Gasteiger partial charge in [-0.25, -0.2) is 0 Å². The molecular weight excluding hydrogens is 378 g/mol. The van der Waals surface area contributed by atoms with Gasteiger partial charge in [-0.2, -0.15) is 0 Å². The molecule has 6 nitrogen and oxygen atoms in total. The molecule has 0 spiro atoms. The Morgan fingerprint density at radius 3 is 2.53 bits per heavy atom. The van der Waals surface area contributed by atoms with Crippen molar-refractivity contribution in [1.29, 1.82) is 0 Å². The summed E-state index contributed by atoms with van der Waals surface area (Å²) in [5.74, 6) is 0.213. The van der Waals surface area contributed by atoms with Crippen LogP contribution in [-0.2, 0) is 11.3 Å². The van der Waals surface area contributed by atoms with Crippen LogP contribution in [0.25, 0.3) is 10.8 Å². The van der Waals surface area contributed by atoms with E-state index in [-0.39, 0.29) is 11.8 Å². The fourth-order valence-electron chi connectivity index (χ4n) is 3.92. The molecule has 0 aliphatic carbocycles. The van der Waals surface area contributed by atoms with Crippen LogP contribution in [0.1, 0.15) is 29.0 Å². The van der Waals surface area contributed by atoms with Crippen LogP contribution in [0.4, 0.5) is 0 Å². The van der Waals surface area contributed by atoms with E-state index in [1.165, 1.54) is 22.6 Å². The number of rotatable bonds is 7. The molecule has 156 valence electrons. The summed E-state index contributed by atoms with van der Waals surface area (Å²) in [6.45, 7) is 4.63. The molecule has 1 saturated heterocycles. The highest BCUT2D eigenvalue weighted by Crippen LogP contribution is 2.20. The Labute approximate surface area is 176 Å². The molecule has 0 unspecified atom stereocenters. The van der Waals surface area contributed by atoms with Crippen LogP contribution in [0.15, 0.2) is 65.3 Å². The molecule has 1 aromatic heterocycles. The average molecular weight is 405 g/mol. The zero-order valence-corrected chi connectivity index (χ0v) is 17.0. The molecule has 1 N–H and O–H groups in total. The maximum absolute atomic E-state index is 12.5. The number of nitrogens with one attached hydrogen (secondary N) is 1. The lowest BCUT2D eigenvalue weighted by Gasteiger charge is -2.35. The highest BCUT2D eigenvalue weighted by molar-refractivity contribution is 5.91. The Morgan fingerprint density at radius 1 is 0.933 bits per heavy atom. The van der Waals surface area contributed by atoms with Gasteiger partial charge in [0.05, 0.1) is 6.26 Å². The van der Waals surface area contributed by atoms with Gasteiger partial charge in [0.2, 0.25) is 5.91 Å². The van der Waals surface area contributed by atoms with Crippen molar-refractivity contribution < 1.29 is 14.0 Å². The van der Waals surface area contributed by atoms with Crippen LogP contribution < -0.4 is 5.32 Å². The molecule has 4 rings (SSSR count). The summed E-state index contributed by atoms with van der Waals surface area (Å²) >= 11 is 0. The van der Waals surface area contributed by atoms with Crippen LogP contribution in [0.3, 0.4) is 0 Å². The molecule has 0 radical (unpaired) electrons. The van der Waals surface area contributed by atoms with Gasteiger partial charge in [0.1, 0.15) is 0 Å². The standard InChI is InChI=1S/C24H27N3O3/c28-23(11-4-12-25-24(29)22-10-5-17-30-22)27-15-13-26(14-16-27)18-20-8-3-7-19-6-1-2-9-21(19)20/h1-3,5-10,17H,4,11-16,18H2,(H,25,29). The normalized spacial score (nSPS) is 14.7. The van der Waals surface area contributed by atoms with Crippen molar-refractivity contribution in [2.24, 2.45) is 0 Å². The summed E-state index contributed by atoms with van der Waals surface area (Å²) in [5, 5.41) is 5.35. The summed E-state index contributed by atoms with van der Waals surface area (Å²) < 4.78 is 5.05. The Bertz CT molecular complexity index is 987. The van der Waals surface area contributed by atoms with E-state index in [1.54, 1.807) is 12.1 Å². The van der Waals surface area contributed by atoms with Gasteiger partial charge < -0.3 is 14.6 Å². The van der Waals surface area contributed by atoms with E-state index in [0.29, 0.717) is 25.1 Å². The highest BCUT2D eigenvalue weighted by Gasteiger charge is 2.21. The number of amides is 2. The number of carbonyl (C=O) groups is 2. The first-order valence-electron chi connectivity index (χ1n) is 10.5. The van der Waals surface area contributed by atoms with Gasteiger partial charge in [-0.15, -0.1) is 0 Å². The molecule has 30 heavy (non-hydrogen) atoms. The SMILES string of the molecule is O=C(NCCCC(=O)N1CCN(Cc2cccc3ccccc23)CC1)c1ccco1. The Kier molecular flexibility index (Phi) is 6.44. The van der Waals surface area contributed by atoms with E-state index < -0.39 is 0 Å². The predicted octanol–water partition coefficient (Wildman–Crippen LogP) is 3.29. The number of benzene rings is 2. The number of piperazine rings is 1. The first kappa shape index (κ1) is 20.2. The third-order valence-corrected chi connectivity index (χ3v) is 5.60. The lowest BCUT2D eigenvalue weighted by molar-refractivity contribution is -0.133. The second-order valence-corrected chi connectivity index (χ2v) is 7.63. The zero-order chi connectivity index (χ0) is 20.8. The van der Waals surface area contributed by atoms with E-state index >= 15 is 0 Å². The first-order chi connectivity index (χ1) is 14.7. The number of carbonyl (C=O) groups excluding carboxylic acids is 2. The van der Waals surface area contributed by atoms with Crippen molar-refractivity contribution >= 4 is 22.6 Å². The zero-order valence-electron chi connectivity index (χ0n) is 17.0. The number of furan rings is 1. The fourth-order valence-corrected chi connectivity index (χ4v) is 3.92. The second-order valence-electron chi connectivity index (χ2n) is 7.63. The summed E-state index contributed by atoms with van der Waals surface area (Å²) in [4.78, 5) is 28.7. The van der Waals surface area contributed by atoms with Crippen LogP contribution in [0, 0.1) is 0 Å². The van der Waals surface area contributed by atoms with Crippen molar-refractivity contribution in [2.75, 3.05) is 32.7 Å². The molecule has 1 aliphatic rings. The van der Waals surface area contributed by atoms with Gasteiger partial charge in [-0.1, -0.05) is 42.5 Å². The van der Waals surface area contributed by atoms with E-state index in [2.05, 4.69) is 52.7 Å². The smallest absolute Gasteiger partial charge is 0.286 e. The largest absolute Gasteiger partial charge is 0.459 e. The Hall–Kier alpha value is -3.12. The van der Waals surface area contributed by atoms with Gasteiger partial charge in [0.15, 0.2) is 5.76 Å². The molecule has 2 amide bonds. The van der Waals surface area contributed by atoms with Crippen molar-refractivity contribution in [3.8, 4) is 0 Å². The topological polar surface area (TPSA) is 65.8 Å². The van der Waals surface area contributed by atoms with Gasteiger partial charge in [0, 0.05) is 45.7 Å². The van der Waals surface area contributed by atoms with Crippen molar-refractivity contribution in [3.05, 3.63) is 72.2 Å². The summed E-state index contributed by atoms with van der Waals surface area (Å²) in [5.41, 5.74) is 1.33. The fraction of sp³-hybridized carbons (Fsp3) is 0.333. The number of nitrogens with zero attached hydrogens (tertiary/aromatic N) is 2. The lowest BCUT2D eigenvalue weighted by Crippen LogP contribution is -2.48. The monoisotopic (exact) mass is 405 g/mol. The molecule has 1 aliphatic heterocycles. The van der Waals surface area contributed by atoms with Crippen LogP contribution in [0.2, 0.25) is 0 Å². The second kappa shape index (κ2) is 9.59. The molecular formula is C24H27N3O3.